The van der Waals surface area contributed by atoms with Crippen molar-refractivity contribution in [3.63, 3.8) is 0 Å². The van der Waals surface area contributed by atoms with Crippen molar-refractivity contribution < 1.29 is 9.59 Å². The number of nitrogens with one attached hydrogen (secondary N) is 1. The van der Waals surface area contributed by atoms with Crippen molar-refractivity contribution in [3.05, 3.63) is 127 Å². The molecular formula is C28H22N3O2P. The number of carbonyl (C=O) groups is 2. The molecular weight excluding hydrogens is 441 g/mol. The van der Waals surface area contributed by atoms with Gasteiger partial charge >= 0.3 is 0 Å². The molecule has 0 aromatic heterocycles. The Bertz CT molecular complexity index is 1300. The maximum atomic E-state index is 13.1. The second-order valence-corrected chi connectivity index (χ2v) is 10.9. The molecule has 1 atom stereocenters. The van der Waals surface area contributed by atoms with E-state index in [0.29, 0.717) is 5.56 Å². The molecule has 1 N–H and O–H groups in total. The first-order valence-corrected chi connectivity index (χ1v) is 12.7. The third-order valence-corrected chi connectivity index (χ3v) is 9.35. The zero-order valence-electron chi connectivity index (χ0n) is 18.3. The van der Waals surface area contributed by atoms with Crippen molar-refractivity contribution in [2.24, 2.45) is 9.74 Å². The van der Waals surface area contributed by atoms with Gasteiger partial charge in [0.2, 0.25) is 11.9 Å². The van der Waals surface area contributed by atoms with Gasteiger partial charge in [0.25, 0.3) is 5.91 Å². The molecule has 5 nitrogen and oxygen atoms in total. The average Bonchev–Trinajstić information content (AvgIpc) is 2.89. The molecule has 0 bridgehead atoms. The number of carbonyl (C=O) groups excluding carboxylic acids is 2. The Morgan fingerprint density at radius 3 is 1.44 bits per heavy atom. The van der Waals surface area contributed by atoms with Crippen molar-refractivity contribution in [3.8, 4) is 0 Å². The van der Waals surface area contributed by atoms with Crippen LogP contribution in [-0.4, -0.2) is 17.8 Å². The smallest absolute Gasteiger partial charge is 0.266 e. The molecule has 5 rings (SSSR count). The predicted molar refractivity (Wildman–Crippen MR) is 137 cm³/mol. The number of guanidine groups is 1. The summed E-state index contributed by atoms with van der Waals surface area (Å²) in [7, 11) is -2.64. The van der Waals surface area contributed by atoms with Crippen LogP contribution in [0, 0.1) is 0 Å². The van der Waals surface area contributed by atoms with Crippen LogP contribution in [0.2, 0.25) is 0 Å². The zero-order valence-corrected chi connectivity index (χ0v) is 19.2. The van der Waals surface area contributed by atoms with E-state index in [2.05, 4.69) is 10.3 Å². The van der Waals surface area contributed by atoms with Crippen LogP contribution in [0.25, 0.3) is 0 Å². The fraction of sp³-hybridized carbons (Fsp3) is 0.0357. The fourth-order valence-electron chi connectivity index (χ4n) is 4.17. The highest BCUT2D eigenvalue weighted by Gasteiger charge is 2.35. The first kappa shape index (κ1) is 21.7. The van der Waals surface area contributed by atoms with E-state index in [1.54, 1.807) is 24.3 Å². The lowest BCUT2D eigenvalue weighted by molar-refractivity contribution is -0.129. The van der Waals surface area contributed by atoms with Crippen LogP contribution in [0.3, 0.4) is 0 Å². The predicted octanol–water partition coefficient (Wildman–Crippen LogP) is 3.96. The van der Waals surface area contributed by atoms with Crippen molar-refractivity contribution in [1.29, 1.82) is 0 Å². The monoisotopic (exact) mass is 463 g/mol. The summed E-state index contributed by atoms with van der Waals surface area (Å²) in [6, 6.07) is 38.9. The second kappa shape index (κ2) is 9.42. The summed E-state index contributed by atoms with van der Waals surface area (Å²) in [5.41, 5.74) is 0.614. The molecule has 0 saturated carbocycles. The standard InChI is InChI=1S/C28H22N3O2P/c32-26-25(21-13-5-1-6-14-21)27(33)30-28(29-26)31-34(22-15-7-2-8-16-22,23-17-9-3-10-18-23)24-19-11-4-12-20-24/h1-20,25H,(H,29,30,32,33). The summed E-state index contributed by atoms with van der Waals surface area (Å²) < 4.78 is 5.12. The summed E-state index contributed by atoms with van der Waals surface area (Å²) in [5.74, 6) is -1.86. The Hall–Kier alpha value is -4.08. The van der Waals surface area contributed by atoms with E-state index in [-0.39, 0.29) is 5.96 Å². The molecule has 1 aliphatic rings. The van der Waals surface area contributed by atoms with E-state index in [1.165, 1.54) is 0 Å². The van der Waals surface area contributed by atoms with Crippen molar-refractivity contribution in [2.75, 3.05) is 0 Å². The van der Waals surface area contributed by atoms with Crippen LogP contribution in [0.4, 0.5) is 0 Å². The lowest BCUT2D eigenvalue weighted by Crippen LogP contribution is -2.42. The Morgan fingerprint density at radius 1 is 0.618 bits per heavy atom. The Balaban J connectivity index is 1.74. The Labute approximate surface area is 198 Å². The quantitative estimate of drug-likeness (QED) is 0.368. The Kier molecular flexibility index (Phi) is 6.03. The number of hydrogen-bond donors (Lipinski definition) is 1. The molecule has 34 heavy (non-hydrogen) atoms. The summed E-state index contributed by atoms with van der Waals surface area (Å²) in [6.45, 7) is 0. The number of nitrogens with zero attached hydrogens (tertiary/aromatic N) is 2. The van der Waals surface area contributed by atoms with E-state index in [1.807, 2.05) is 97.1 Å². The molecule has 0 radical (unpaired) electrons. The zero-order chi connectivity index (χ0) is 23.4. The molecule has 0 fully saturated rings. The van der Waals surface area contributed by atoms with Crippen LogP contribution >= 0.6 is 7.05 Å². The molecule has 1 heterocycles. The second-order valence-electron chi connectivity index (χ2n) is 7.85. The fourth-order valence-corrected chi connectivity index (χ4v) is 7.60. The van der Waals surface area contributed by atoms with Gasteiger partial charge in [0.05, 0.1) is 7.05 Å². The lowest BCUT2D eigenvalue weighted by atomic mass is 9.97. The molecule has 4 aromatic carbocycles. The molecule has 2 amide bonds. The van der Waals surface area contributed by atoms with Gasteiger partial charge < -0.3 is 0 Å². The van der Waals surface area contributed by atoms with Crippen LogP contribution in [-0.2, 0) is 9.59 Å². The number of hydrogen-bond acceptors (Lipinski definition) is 3. The van der Waals surface area contributed by atoms with Crippen LogP contribution in [0.5, 0.6) is 0 Å². The van der Waals surface area contributed by atoms with E-state index >= 15 is 0 Å². The largest absolute Gasteiger partial charge is 0.293 e. The minimum absolute atomic E-state index is 0.0482. The first-order valence-electron chi connectivity index (χ1n) is 11.0. The van der Waals surface area contributed by atoms with Gasteiger partial charge in [-0.15, -0.1) is 0 Å². The molecule has 166 valence electrons. The Morgan fingerprint density at radius 2 is 1.03 bits per heavy atom. The molecule has 0 saturated heterocycles. The van der Waals surface area contributed by atoms with Gasteiger partial charge in [-0.2, -0.15) is 4.99 Å². The van der Waals surface area contributed by atoms with Crippen LogP contribution in [0.1, 0.15) is 11.5 Å². The van der Waals surface area contributed by atoms with Gasteiger partial charge in [-0.3, -0.25) is 14.9 Å². The maximum Gasteiger partial charge on any atom is 0.266 e. The van der Waals surface area contributed by atoms with Gasteiger partial charge in [-0.1, -0.05) is 121 Å². The molecule has 0 spiro atoms. The molecule has 1 unspecified atom stereocenters. The number of rotatable bonds is 4. The van der Waals surface area contributed by atoms with Gasteiger partial charge in [0.15, 0.2) is 0 Å². The van der Waals surface area contributed by atoms with Crippen LogP contribution < -0.4 is 21.2 Å². The van der Waals surface area contributed by atoms with Gasteiger partial charge in [-0.25, -0.2) is 4.74 Å². The third kappa shape index (κ3) is 4.02. The van der Waals surface area contributed by atoms with Crippen molar-refractivity contribution in [2.45, 2.75) is 5.92 Å². The van der Waals surface area contributed by atoms with E-state index in [9.17, 15) is 9.59 Å². The average molecular weight is 463 g/mol. The summed E-state index contributed by atoms with van der Waals surface area (Å²) in [5, 5.41) is 5.82. The summed E-state index contributed by atoms with van der Waals surface area (Å²) in [4.78, 5) is 30.3. The molecule has 0 aliphatic carbocycles. The SMILES string of the molecule is O=C1N=C(N=P(c2ccccc2)(c2ccccc2)c2ccccc2)NC(=O)C1c1ccccc1. The van der Waals surface area contributed by atoms with E-state index in [0.717, 1.165) is 15.9 Å². The summed E-state index contributed by atoms with van der Waals surface area (Å²) >= 11 is 0. The summed E-state index contributed by atoms with van der Waals surface area (Å²) in [6.07, 6.45) is 0. The minimum atomic E-state index is -2.64. The van der Waals surface area contributed by atoms with Gasteiger partial charge in [-0.05, 0) is 5.56 Å². The van der Waals surface area contributed by atoms with Gasteiger partial charge in [0.1, 0.15) is 5.92 Å². The highest BCUT2D eigenvalue weighted by atomic mass is 31.2. The van der Waals surface area contributed by atoms with Crippen molar-refractivity contribution >= 4 is 40.7 Å². The number of benzene rings is 4. The normalized spacial score (nSPS) is 15.9. The van der Waals surface area contributed by atoms with E-state index < -0.39 is 24.8 Å². The van der Waals surface area contributed by atoms with E-state index in [4.69, 9.17) is 4.74 Å². The lowest BCUT2D eigenvalue weighted by Gasteiger charge is -2.28. The van der Waals surface area contributed by atoms with Gasteiger partial charge in [0, 0.05) is 15.9 Å². The molecule has 1 aliphatic heterocycles. The number of amides is 2. The highest BCUT2D eigenvalue weighted by Crippen LogP contribution is 2.46. The minimum Gasteiger partial charge on any atom is -0.293 e. The molecule has 6 heteroatoms. The topological polar surface area (TPSA) is 70.9 Å². The number of aliphatic imine (C=N–C) groups is 1. The highest BCUT2D eigenvalue weighted by molar-refractivity contribution is 7.87. The first-order chi connectivity index (χ1) is 16.7. The molecule has 4 aromatic rings. The maximum absolute atomic E-state index is 13.1. The van der Waals surface area contributed by atoms with Crippen molar-refractivity contribution in [1.82, 2.24) is 5.32 Å². The third-order valence-electron chi connectivity index (χ3n) is 5.73. The van der Waals surface area contributed by atoms with Crippen LogP contribution in [0.15, 0.2) is 131 Å².